The molecule has 0 aromatic heterocycles. The van der Waals surface area contributed by atoms with Gasteiger partial charge in [0, 0.05) is 0 Å². The van der Waals surface area contributed by atoms with Crippen molar-refractivity contribution >= 4 is 10.7 Å². The summed E-state index contributed by atoms with van der Waals surface area (Å²) in [5.41, 5.74) is 6.36. The first-order chi connectivity index (χ1) is 14.2. The van der Waals surface area contributed by atoms with Gasteiger partial charge < -0.3 is 24.8 Å². The van der Waals surface area contributed by atoms with Gasteiger partial charge in [-0.05, 0) is 0 Å². The first-order valence-electron chi connectivity index (χ1n) is 11.9. The maximum Gasteiger partial charge on any atom is -1.00 e. The van der Waals surface area contributed by atoms with Crippen molar-refractivity contribution in [1.29, 1.82) is 0 Å². The van der Waals surface area contributed by atoms with Gasteiger partial charge >= 0.3 is 201 Å². The minimum Gasteiger partial charge on any atom is -1.00 e. The van der Waals surface area contributed by atoms with E-state index in [0.717, 1.165) is 0 Å². The summed E-state index contributed by atoms with van der Waals surface area (Å²) in [6, 6.07) is 11.5. The smallest absolute Gasteiger partial charge is 1.00 e. The number of rotatable bonds is 3. The monoisotopic (exact) mass is 668 g/mol. The fraction of sp³-hybridized carbons (Fsp3) is 0.517. The van der Waals surface area contributed by atoms with Crippen molar-refractivity contribution in [3.05, 3.63) is 71.4 Å². The van der Waals surface area contributed by atoms with Crippen molar-refractivity contribution in [2.45, 2.75) is 75.8 Å². The van der Waals surface area contributed by atoms with Crippen molar-refractivity contribution in [2.24, 2.45) is 22.7 Å². The van der Waals surface area contributed by atoms with Crippen LogP contribution in [-0.4, -0.2) is 5.49 Å². The molecule has 0 N–H and O–H groups in total. The largest absolute Gasteiger partial charge is 1.00 e. The molecule has 0 saturated carbocycles. The van der Waals surface area contributed by atoms with Crippen LogP contribution < -0.4 is 30.0 Å². The molecule has 2 aliphatic rings. The summed E-state index contributed by atoms with van der Waals surface area (Å²) in [5.74, 6) is 1.21. The zero-order valence-electron chi connectivity index (χ0n) is 22.5. The second kappa shape index (κ2) is 11.3. The topological polar surface area (TPSA) is 0 Å². The van der Waals surface area contributed by atoms with Gasteiger partial charge in [-0.15, -0.1) is 0 Å². The van der Waals surface area contributed by atoms with E-state index in [1.807, 2.05) is 6.66 Å². The summed E-state index contributed by atoms with van der Waals surface area (Å²) in [5, 5.41) is 1.64. The van der Waals surface area contributed by atoms with E-state index in [9.17, 15) is 0 Å². The van der Waals surface area contributed by atoms with Crippen LogP contribution in [0.5, 0.6) is 0 Å². The summed E-state index contributed by atoms with van der Waals surface area (Å²) in [4.78, 5) is 0. The van der Waals surface area contributed by atoms with Crippen LogP contribution in [0, 0.1) is 22.7 Å². The standard InChI is InChI=1S/2C11H17.C7H8Si.2ClH.Hf/c2*1-8-6-9(2)10(7-8)11(3,4)5;1-8-7-5-3-2-4-6-7;;;/h2*7-8H,1-5H3;2-6H,1H3;2*1H;/q;;;;;+2/p-2. The molecule has 0 fully saturated rings. The molecule has 0 amide bonds. The van der Waals surface area contributed by atoms with Crippen molar-refractivity contribution in [3.8, 4) is 0 Å². The average molecular weight is 668 g/mol. The van der Waals surface area contributed by atoms with Crippen molar-refractivity contribution < 1.29 is 44.9 Å². The second-order valence-corrected chi connectivity index (χ2v) is 32.3. The van der Waals surface area contributed by atoms with Crippen molar-refractivity contribution in [1.82, 2.24) is 0 Å². The first-order valence-corrected chi connectivity index (χ1v) is 22.9. The third kappa shape index (κ3) is 6.16. The molecule has 0 nitrogen and oxygen atoms in total. The molecule has 0 saturated heterocycles. The summed E-state index contributed by atoms with van der Waals surface area (Å²) >= 11 is -2.36. The van der Waals surface area contributed by atoms with E-state index in [0.29, 0.717) is 11.8 Å². The fourth-order valence-electron chi connectivity index (χ4n) is 5.73. The minimum atomic E-state index is -2.36. The summed E-state index contributed by atoms with van der Waals surface area (Å²) in [6.07, 6.45) is 5.23. The average Bonchev–Trinajstić information content (AvgIpc) is 3.13. The zero-order valence-corrected chi connectivity index (χ0v) is 28.6. The predicted molar refractivity (Wildman–Crippen MR) is 136 cm³/mol. The van der Waals surface area contributed by atoms with Crippen LogP contribution in [0.1, 0.15) is 69.2 Å². The van der Waals surface area contributed by atoms with Gasteiger partial charge in [-0.3, -0.25) is 0 Å². The molecule has 1 aromatic carbocycles. The van der Waals surface area contributed by atoms with E-state index in [1.54, 1.807) is 27.5 Å². The third-order valence-corrected chi connectivity index (χ3v) is 34.5. The van der Waals surface area contributed by atoms with E-state index < -0.39 is 25.6 Å². The van der Waals surface area contributed by atoms with Gasteiger partial charge in [-0.1, -0.05) is 0 Å². The van der Waals surface area contributed by atoms with E-state index in [1.165, 1.54) is 0 Å². The van der Waals surface area contributed by atoms with Gasteiger partial charge in [0.15, 0.2) is 0 Å². The third-order valence-electron chi connectivity index (χ3n) is 7.10. The summed E-state index contributed by atoms with van der Waals surface area (Å²) in [7, 11) is 0. The Balaban J connectivity index is 0.00000272. The molecule has 2 unspecified atom stereocenters. The summed E-state index contributed by atoms with van der Waals surface area (Å²) < 4.78 is 3.81. The molecular weight excluding hydrogens is 626 g/mol. The van der Waals surface area contributed by atoms with Crippen LogP contribution in [0.25, 0.3) is 0 Å². The Kier molecular flexibility index (Phi) is 10.5. The quantitative estimate of drug-likeness (QED) is 0.433. The molecule has 0 aliphatic heterocycles. The molecule has 2 aliphatic carbocycles. The SMILES string of the molecule is CC1=[C]([Hf+2]([C]2=C(C)C(C(C)(C)C)=CC2C)=[Si](C)c2ccccc2)C(C)C=C1C(C)(C)C.[Cl-].[Cl-]. The molecule has 3 rings (SSSR count). The molecule has 0 heterocycles. The van der Waals surface area contributed by atoms with Crippen molar-refractivity contribution in [2.75, 3.05) is 0 Å². The molecule has 4 heteroatoms. The Morgan fingerprint density at radius 2 is 1.06 bits per heavy atom. The van der Waals surface area contributed by atoms with Gasteiger partial charge in [0.05, 0.1) is 0 Å². The van der Waals surface area contributed by atoms with E-state index in [-0.39, 0.29) is 35.6 Å². The number of hydrogen-bond acceptors (Lipinski definition) is 0. The van der Waals surface area contributed by atoms with Crippen molar-refractivity contribution in [3.63, 3.8) is 0 Å². The molecule has 0 spiro atoms. The normalized spacial score (nSPS) is 20.5. The van der Waals surface area contributed by atoms with Crippen LogP contribution in [0.4, 0.5) is 0 Å². The maximum absolute atomic E-state index is 2.65. The van der Waals surface area contributed by atoms with Gasteiger partial charge in [0.2, 0.25) is 0 Å². The van der Waals surface area contributed by atoms with Gasteiger partial charge in [-0.2, -0.15) is 0 Å². The molecule has 2 atom stereocenters. The minimum absolute atomic E-state index is 0. The Labute approximate surface area is 224 Å². The summed E-state index contributed by atoms with van der Waals surface area (Å²) in [6.45, 7) is 26.8. The molecule has 180 valence electrons. The number of hydrogen-bond donors (Lipinski definition) is 0. The Bertz CT molecular complexity index is 981. The Morgan fingerprint density at radius 1 is 0.697 bits per heavy atom. The maximum atomic E-state index is 2.65. The van der Waals surface area contributed by atoms with Crippen LogP contribution in [0.3, 0.4) is 0 Å². The van der Waals surface area contributed by atoms with E-state index >= 15 is 0 Å². The van der Waals surface area contributed by atoms with Gasteiger partial charge in [0.1, 0.15) is 0 Å². The van der Waals surface area contributed by atoms with Crippen LogP contribution in [-0.2, 0) is 20.1 Å². The first kappa shape index (κ1) is 30.9. The van der Waals surface area contributed by atoms with E-state index in [2.05, 4.69) is 118 Å². The van der Waals surface area contributed by atoms with Crippen LogP contribution in [0.15, 0.2) is 71.4 Å². The predicted octanol–water partition coefficient (Wildman–Crippen LogP) is 1.93. The molecule has 33 heavy (non-hydrogen) atoms. The zero-order chi connectivity index (χ0) is 23.3. The van der Waals surface area contributed by atoms with Gasteiger partial charge in [-0.25, -0.2) is 0 Å². The second-order valence-electron chi connectivity index (χ2n) is 11.7. The molecular formula is C29H42Cl2HfSi. The molecule has 0 bridgehead atoms. The molecule has 1 aromatic rings. The Hall–Kier alpha value is -0.153. The fourth-order valence-corrected chi connectivity index (χ4v) is 36.5. The molecule has 0 radical (unpaired) electrons. The number of halogens is 2. The van der Waals surface area contributed by atoms with E-state index in [4.69, 9.17) is 0 Å². The number of allylic oxidation sites excluding steroid dienone is 8. The number of benzene rings is 1. The van der Waals surface area contributed by atoms with Gasteiger partial charge in [0.25, 0.3) is 0 Å². The van der Waals surface area contributed by atoms with Crippen LogP contribution in [0.2, 0.25) is 6.55 Å². The van der Waals surface area contributed by atoms with Crippen LogP contribution >= 0.6 is 0 Å². The Morgan fingerprint density at radius 3 is 1.36 bits per heavy atom.